The molecule has 2 aromatic rings. The molecule has 8 nitrogen and oxygen atoms in total. The first-order valence-electron chi connectivity index (χ1n) is 9.54. The van der Waals surface area contributed by atoms with Gasteiger partial charge in [0.2, 0.25) is 0 Å². The second-order valence-corrected chi connectivity index (χ2v) is 7.53. The minimum atomic E-state index is -1.39. The molecule has 1 aromatic carbocycles. The van der Waals surface area contributed by atoms with Crippen LogP contribution >= 0.6 is 0 Å². The Morgan fingerprint density at radius 2 is 1.86 bits per heavy atom. The van der Waals surface area contributed by atoms with Gasteiger partial charge in [-0.1, -0.05) is 19.1 Å². The zero-order chi connectivity index (χ0) is 21.1. The lowest BCUT2D eigenvalue weighted by Gasteiger charge is -2.33. The molecule has 1 aliphatic rings. The monoisotopic (exact) mass is 397 g/mol. The molecule has 1 unspecified atom stereocenters. The summed E-state index contributed by atoms with van der Waals surface area (Å²) in [5.74, 6) is -0.602. The van der Waals surface area contributed by atoms with E-state index in [9.17, 15) is 24.5 Å². The van der Waals surface area contributed by atoms with Crippen LogP contribution in [0.5, 0.6) is 0 Å². The lowest BCUT2D eigenvalue weighted by atomic mass is 9.97. The fourth-order valence-electron chi connectivity index (χ4n) is 3.49. The van der Waals surface area contributed by atoms with E-state index >= 15 is 0 Å². The minimum Gasteiger partial charge on any atom is -0.340 e. The third-order valence-corrected chi connectivity index (χ3v) is 5.30. The summed E-state index contributed by atoms with van der Waals surface area (Å²) in [6.45, 7) is 4.88. The van der Waals surface area contributed by atoms with E-state index in [0.717, 1.165) is 23.5 Å². The molecule has 2 heterocycles. The number of nitrogens with zero attached hydrogens (tertiary/aromatic N) is 3. The number of carbonyl (C=O) groups is 2. The first-order valence-corrected chi connectivity index (χ1v) is 9.54. The molecule has 1 aromatic heterocycles. The van der Waals surface area contributed by atoms with Crippen LogP contribution in [0.15, 0.2) is 47.4 Å². The van der Waals surface area contributed by atoms with Gasteiger partial charge < -0.3 is 4.90 Å². The van der Waals surface area contributed by atoms with E-state index in [4.69, 9.17) is 0 Å². The van der Waals surface area contributed by atoms with Crippen LogP contribution in [-0.4, -0.2) is 39.2 Å². The third kappa shape index (κ3) is 4.42. The summed E-state index contributed by atoms with van der Waals surface area (Å²) in [5, 5.41) is 11.1. The van der Waals surface area contributed by atoms with Crippen molar-refractivity contribution >= 4 is 17.4 Å². The highest BCUT2D eigenvalue weighted by Gasteiger charge is 2.35. The molecule has 8 heteroatoms. The summed E-state index contributed by atoms with van der Waals surface area (Å²) < 4.78 is 1.12. The van der Waals surface area contributed by atoms with Gasteiger partial charge in [0.25, 0.3) is 17.2 Å². The lowest BCUT2D eigenvalue weighted by molar-refractivity contribution is -0.384. The van der Waals surface area contributed by atoms with Crippen molar-refractivity contribution in [3.05, 3.63) is 74.2 Å². The smallest absolute Gasteiger partial charge is 0.270 e. The molecule has 1 atom stereocenters. The molecular formula is C21H23N3O5. The van der Waals surface area contributed by atoms with Crippen LogP contribution in [0.4, 0.5) is 5.69 Å². The van der Waals surface area contributed by atoms with E-state index in [1.807, 2.05) is 0 Å². The van der Waals surface area contributed by atoms with Gasteiger partial charge in [0.05, 0.1) is 4.92 Å². The number of hydrogen-bond donors (Lipinski definition) is 0. The van der Waals surface area contributed by atoms with Gasteiger partial charge in [-0.3, -0.25) is 29.1 Å². The van der Waals surface area contributed by atoms with Gasteiger partial charge in [0.1, 0.15) is 0 Å². The molecule has 152 valence electrons. The Kier molecular flexibility index (Phi) is 5.91. The van der Waals surface area contributed by atoms with Crippen molar-refractivity contribution in [3.8, 4) is 0 Å². The number of nitro groups is 1. The largest absolute Gasteiger partial charge is 0.340 e. The predicted octanol–water partition coefficient (Wildman–Crippen LogP) is 2.75. The number of pyridine rings is 1. The van der Waals surface area contributed by atoms with Gasteiger partial charge in [-0.05, 0) is 37.3 Å². The fourth-order valence-corrected chi connectivity index (χ4v) is 3.49. The van der Waals surface area contributed by atoms with Crippen LogP contribution in [0.25, 0.3) is 0 Å². The van der Waals surface area contributed by atoms with Gasteiger partial charge in [-0.15, -0.1) is 0 Å². The molecule has 0 spiro atoms. The second-order valence-electron chi connectivity index (χ2n) is 7.53. The lowest BCUT2D eigenvalue weighted by Crippen LogP contribution is -2.46. The number of aromatic nitrogens is 1. The van der Waals surface area contributed by atoms with E-state index < -0.39 is 28.2 Å². The SMILES string of the molecule is Cc1ccn(C(C(=O)c2cccc([N+](=O)[O-])c2)C(=O)N2CCC(C)CC2)c(=O)c1. The number of rotatable bonds is 5. The maximum atomic E-state index is 13.3. The second kappa shape index (κ2) is 8.38. The average molecular weight is 397 g/mol. The van der Waals surface area contributed by atoms with E-state index in [2.05, 4.69) is 6.92 Å². The van der Waals surface area contributed by atoms with Gasteiger partial charge in [-0.25, -0.2) is 0 Å². The highest BCUT2D eigenvalue weighted by molar-refractivity contribution is 6.12. The topological polar surface area (TPSA) is 103 Å². The van der Waals surface area contributed by atoms with Crippen LogP contribution in [0.3, 0.4) is 0 Å². The molecule has 0 saturated carbocycles. The number of ketones is 1. The number of aryl methyl sites for hydroxylation is 1. The van der Waals surface area contributed by atoms with E-state index in [1.165, 1.54) is 30.5 Å². The number of nitro benzene ring substituents is 1. The molecule has 1 fully saturated rings. The fraction of sp³-hybridized carbons (Fsp3) is 0.381. The Hall–Kier alpha value is -3.29. The standard InChI is InChI=1S/C21H23N3O5/c1-14-6-9-22(10-7-14)21(27)19(23-11-8-15(2)12-18(23)25)20(26)16-4-3-5-17(13-16)24(28)29/h3-5,8,11-14,19H,6-7,9-10H2,1-2H3. The van der Waals surface area contributed by atoms with E-state index in [1.54, 1.807) is 17.9 Å². The molecule has 0 bridgehead atoms. The maximum absolute atomic E-state index is 13.3. The van der Waals surface area contributed by atoms with Gasteiger partial charge in [-0.2, -0.15) is 0 Å². The molecule has 3 rings (SSSR count). The Morgan fingerprint density at radius 1 is 1.17 bits per heavy atom. The van der Waals surface area contributed by atoms with Crippen molar-refractivity contribution < 1.29 is 14.5 Å². The van der Waals surface area contributed by atoms with E-state index in [-0.39, 0.29) is 11.3 Å². The summed E-state index contributed by atoms with van der Waals surface area (Å²) in [5.41, 5.74) is 0.0278. The minimum absolute atomic E-state index is 0.0235. The van der Waals surface area contributed by atoms with Gasteiger partial charge in [0, 0.05) is 43.0 Å². The van der Waals surface area contributed by atoms with Crippen molar-refractivity contribution in [1.82, 2.24) is 9.47 Å². The van der Waals surface area contributed by atoms with Crippen molar-refractivity contribution in [2.45, 2.75) is 32.7 Å². The first kappa shape index (κ1) is 20.4. The molecule has 1 aliphatic heterocycles. The molecule has 0 radical (unpaired) electrons. The van der Waals surface area contributed by atoms with Gasteiger partial charge >= 0.3 is 0 Å². The zero-order valence-corrected chi connectivity index (χ0v) is 16.4. The van der Waals surface area contributed by atoms with Crippen LogP contribution in [0, 0.1) is 23.0 Å². The number of hydrogen-bond acceptors (Lipinski definition) is 5. The molecule has 1 amide bonds. The van der Waals surface area contributed by atoms with Crippen molar-refractivity contribution in [1.29, 1.82) is 0 Å². The number of carbonyl (C=O) groups excluding carboxylic acids is 2. The van der Waals surface area contributed by atoms with Crippen LogP contribution in [-0.2, 0) is 4.79 Å². The zero-order valence-electron chi connectivity index (χ0n) is 16.4. The number of non-ortho nitro benzene ring substituents is 1. The van der Waals surface area contributed by atoms with E-state index in [0.29, 0.717) is 24.6 Å². The number of amides is 1. The Labute approximate surface area is 167 Å². The maximum Gasteiger partial charge on any atom is 0.270 e. The van der Waals surface area contributed by atoms with Crippen molar-refractivity contribution in [2.75, 3.05) is 13.1 Å². The predicted molar refractivity (Wildman–Crippen MR) is 107 cm³/mol. The van der Waals surface area contributed by atoms with Crippen LogP contribution in [0.1, 0.15) is 41.7 Å². The van der Waals surface area contributed by atoms with Crippen molar-refractivity contribution in [2.24, 2.45) is 5.92 Å². The summed E-state index contributed by atoms with van der Waals surface area (Å²) in [6, 6.07) is 6.86. The molecule has 0 N–H and O–H groups in total. The number of likely N-dealkylation sites (tertiary alicyclic amines) is 1. The third-order valence-electron chi connectivity index (χ3n) is 5.30. The summed E-state index contributed by atoms with van der Waals surface area (Å²) in [7, 11) is 0. The quantitative estimate of drug-likeness (QED) is 0.334. The first-order chi connectivity index (χ1) is 13.8. The number of Topliss-reactive ketones (excluding diaryl/α,β-unsaturated/α-hetero) is 1. The average Bonchev–Trinajstić information content (AvgIpc) is 2.70. The summed E-state index contributed by atoms with van der Waals surface area (Å²) in [4.78, 5) is 51.2. The van der Waals surface area contributed by atoms with Crippen molar-refractivity contribution in [3.63, 3.8) is 0 Å². The number of piperidine rings is 1. The molecule has 1 saturated heterocycles. The number of benzene rings is 1. The highest BCUT2D eigenvalue weighted by atomic mass is 16.6. The van der Waals surface area contributed by atoms with Crippen LogP contribution in [0.2, 0.25) is 0 Å². The Morgan fingerprint density at radius 3 is 2.48 bits per heavy atom. The Bertz CT molecular complexity index is 1010. The normalized spacial score (nSPS) is 15.7. The molecule has 0 aliphatic carbocycles. The summed E-state index contributed by atoms with van der Waals surface area (Å²) >= 11 is 0. The highest BCUT2D eigenvalue weighted by Crippen LogP contribution is 2.23. The van der Waals surface area contributed by atoms with Gasteiger partial charge in [0.15, 0.2) is 11.8 Å². The van der Waals surface area contributed by atoms with Crippen LogP contribution < -0.4 is 5.56 Å². The summed E-state index contributed by atoms with van der Waals surface area (Å²) in [6.07, 6.45) is 3.08. The molecular weight excluding hydrogens is 374 g/mol. The molecule has 29 heavy (non-hydrogen) atoms. The Balaban J connectivity index is 2.04.